The first-order chi connectivity index (χ1) is 32.7. The van der Waals surface area contributed by atoms with E-state index in [1.54, 1.807) is 35.6 Å². The molecule has 11 aromatic rings. The maximum atomic E-state index is 9.33. The fourth-order valence-corrected chi connectivity index (χ4v) is 8.48. The van der Waals surface area contributed by atoms with Gasteiger partial charge in [0.2, 0.25) is 0 Å². The molecular weight excluding hydrogens is 701 g/mol. The number of rotatable bonds is 6. The zero-order valence-corrected chi connectivity index (χ0v) is 30.1. The molecule has 8 aromatic carbocycles. The Morgan fingerprint density at radius 1 is 0.411 bits per heavy atom. The van der Waals surface area contributed by atoms with Crippen LogP contribution in [0.25, 0.3) is 104 Å². The number of para-hydroxylation sites is 3. The fraction of sp³-hybridized carbons (Fsp3) is 0. The van der Waals surface area contributed by atoms with Gasteiger partial charge in [0.15, 0.2) is 17.5 Å². The van der Waals surface area contributed by atoms with Crippen LogP contribution in [0, 0.1) is 0 Å². The molecule has 0 amide bonds. The summed E-state index contributed by atoms with van der Waals surface area (Å²) >= 11 is 1.65. The summed E-state index contributed by atoms with van der Waals surface area (Å²) in [6.07, 6.45) is 0. The summed E-state index contributed by atoms with van der Waals surface area (Å²) in [6, 6.07) is 31.7. The van der Waals surface area contributed by atoms with Gasteiger partial charge in [-0.05, 0) is 47.0 Å². The Hall–Kier alpha value is -7.21. The van der Waals surface area contributed by atoms with Gasteiger partial charge in [0.1, 0.15) is 0 Å². The molecule has 4 nitrogen and oxygen atoms in total. The lowest BCUT2D eigenvalue weighted by atomic mass is 10.0. The van der Waals surface area contributed by atoms with Gasteiger partial charge in [-0.1, -0.05) is 164 Å². The van der Waals surface area contributed by atoms with Gasteiger partial charge in [-0.25, -0.2) is 15.0 Å². The molecule has 56 heavy (non-hydrogen) atoms. The van der Waals surface area contributed by atoms with Crippen LogP contribution < -0.4 is 0 Å². The monoisotopic (exact) mass is 744 g/mol. The van der Waals surface area contributed by atoms with E-state index in [9.17, 15) is 1.37 Å². The van der Waals surface area contributed by atoms with Crippen LogP contribution in [0.2, 0.25) is 0 Å². The predicted molar refractivity (Wildman–Crippen MR) is 234 cm³/mol. The molecule has 0 saturated carbocycles. The van der Waals surface area contributed by atoms with Crippen molar-refractivity contribution in [3.05, 3.63) is 194 Å². The second kappa shape index (κ2) is 13.3. The Balaban J connectivity index is 1.14. The van der Waals surface area contributed by atoms with Gasteiger partial charge in [0.25, 0.3) is 0 Å². The van der Waals surface area contributed by atoms with Crippen LogP contribution in [-0.2, 0) is 0 Å². The van der Waals surface area contributed by atoms with Crippen LogP contribution in [0.15, 0.2) is 194 Å². The van der Waals surface area contributed by atoms with E-state index in [1.165, 1.54) is 0 Å². The lowest BCUT2D eigenvalue weighted by Gasteiger charge is -2.12. The van der Waals surface area contributed by atoms with Crippen molar-refractivity contribution >= 4 is 53.3 Å². The van der Waals surface area contributed by atoms with E-state index in [4.69, 9.17) is 30.0 Å². The molecule has 262 valence electrons. The number of benzene rings is 8. The highest BCUT2D eigenvalue weighted by molar-refractivity contribution is 7.26. The molecule has 0 atom stereocenters. The Morgan fingerprint density at radius 3 is 1.80 bits per heavy atom. The molecule has 5 heteroatoms. The largest absolute Gasteiger partial charge is 0.309 e. The zero-order valence-electron chi connectivity index (χ0n) is 41.2. The molecule has 0 unspecified atom stereocenters. The smallest absolute Gasteiger partial charge is 0.165 e. The van der Waals surface area contributed by atoms with Crippen molar-refractivity contribution in [2.75, 3.05) is 0 Å². The van der Waals surface area contributed by atoms with Gasteiger partial charge >= 0.3 is 0 Å². The minimum Gasteiger partial charge on any atom is -0.309 e. The third-order valence-electron chi connectivity index (χ3n) is 9.89. The number of thiophene rings is 1. The van der Waals surface area contributed by atoms with Crippen molar-refractivity contribution in [2.24, 2.45) is 0 Å². The van der Waals surface area contributed by atoms with Gasteiger partial charge in [-0.2, -0.15) is 0 Å². The van der Waals surface area contributed by atoms with Crippen LogP contribution >= 0.6 is 11.3 Å². The van der Waals surface area contributed by atoms with Crippen molar-refractivity contribution in [1.29, 1.82) is 0 Å². The SMILES string of the molecule is [2H]c1c([2H])c([2H])c(-n2c3c([2H])c([2H])c([2H])c([2H])c3c3c([2H])c([2H])c([2H])c(-c4ccc(-c5nc(-c6ccc(-c7ccccc7)cc6)nc(-c6cccc7c6sc6ccccc67)n5)cc4)c32)c([2H])c1[2H]. The van der Waals surface area contributed by atoms with Crippen molar-refractivity contribution < 1.29 is 16.4 Å². The van der Waals surface area contributed by atoms with Gasteiger partial charge in [-0.15, -0.1) is 11.3 Å². The molecule has 0 saturated heterocycles. The first-order valence-corrected chi connectivity index (χ1v) is 18.6. The van der Waals surface area contributed by atoms with Crippen molar-refractivity contribution in [3.8, 4) is 62.1 Å². The lowest BCUT2D eigenvalue weighted by molar-refractivity contribution is 1.08. The van der Waals surface area contributed by atoms with E-state index in [2.05, 4.69) is 18.2 Å². The summed E-state index contributed by atoms with van der Waals surface area (Å²) in [4.78, 5) is 15.1. The topological polar surface area (TPSA) is 43.6 Å². The molecule has 0 aliphatic carbocycles. The molecular formula is C51H32N4S. The minimum absolute atomic E-state index is 0.000563. The summed E-state index contributed by atoms with van der Waals surface area (Å²) in [6.45, 7) is 0. The highest BCUT2D eigenvalue weighted by Gasteiger charge is 2.19. The van der Waals surface area contributed by atoms with Crippen LogP contribution in [0.1, 0.15) is 16.4 Å². The highest BCUT2D eigenvalue weighted by Crippen LogP contribution is 2.41. The summed E-state index contributed by atoms with van der Waals surface area (Å²) in [5.74, 6) is 1.20. The van der Waals surface area contributed by atoms with Crippen LogP contribution in [-0.4, -0.2) is 19.5 Å². The summed E-state index contributed by atoms with van der Waals surface area (Å²) in [5, 5.41) is 1.86. The number of fused-ring (bicyclic) bond motifs is 6. The summed E-state index contributed by atoms with van der Waals surface area (Å²) in [5.41, 5.74) is 3.73. The maximum Gasteiger partial charge on any atom is 0.165 e. The predicted octanol–water partition coefficient (Wildman–Crippen LogP) is 13.7. The van der Waals surface area contributed by atoms with E-state index >= 15 is 0 Å². The number of hydrogen-bond acceptors (Lipinski definition) is 4. The number of hydrogen-bond donors (Lipinski definition) is 0. The van der Waals surface area contributed by atoms with E-state index in [1.807, 2.05) is 78.9 Å². The Labute approximate surface area is 344 Å². The second-order valence-electron chi connectivity index (χ2n) is 13.1. The van der Waals surface area contributed by atoms with E-state index in [0.717, 1.165) is 47.0 Å². The Kier molecular flexibility index (Phi) is 5.27. The van der Waals surface area contributed by atoms with Gasteiger partial charge in [-0.3, -0.25) is 0 Å². The second-order valence-corrected chi connectivity index (χ2v) is 14.2. The van der Waals surface area contributed by atoms with E-state index in [-0.39, 0.29) is 27.4 Å². The molecule has 0 N–H and O–H groups in total. The van der Waals surface area contributed by atoms with E-state index in [0.29, 0.717) is 28.6 Å². The third kappa shape index (κ3) is 5.40. The minimum atomic E-state index is -0.691. The fourth-order valence-electron chi connectivity index (χ4n) is 7.26. The summed E-state index contributed by atoms with van der Waals surface area (Å²) in [7, 11) is 0. The molecule has 0 fully saturated rings. The third-order valence-corrected chi connectivity index (χ3v) is 11.1. The zero-order chi connectivity index (χ0) is 47.4. The van der Waals surface area contributed by atoms with Crippen molar-refractivity contribution in [3.63, 3.8) is 0 Å². The molecule has 0 aliphatic heterocycles. The number of aromatic nitrogens is 4. The van der Waals surface area contributed by atoms with Crippen LogP contribution in [0.4, 0.5) is 0 Å². The first-order valence-electron chi connectivity index (χ1n) is 23.8. The van der Waals surface area contributed by atoms with Gasteiger partial charge < -0.3 is 4.57 Å². The Bertz CT molecular complexity index is 3900. The van der Waals surface area contributed by atoms with Crippen LogP contribution in [0.3, 0.4) is 0 Å². The van der Waals surface area contributed by atoms with Gasteiger partial charge in [0, 0.05) is 58.9 Å². The summed E-state index contributed by atoms with van der Waals surface area (Å²) < 4.78 is 109. The van der Waals surface area contributed by atoms with Crippen LogP contribution in [0.5, 0.6) is 0 Å². The molecule has 0 aliphatic rings. The average molecular weight is 745 g/mol. The molecule has 11 rings (SSSR count). The average Bonchev–Trinajstić information content (AvgIpc) is 3.93. The van der Waals surface area contributed by atoms with E-state index < -0.39 is 78.2 Å². The molecule has 0 spiro atoms. The normalized spacial score (nSPS) is 14.6. The number of nitrogens with zero attached hydrogens (tertiary/aromatic N) is 4. The van der Waals surface area contributed by atoms with Crippen molar-refractivity contribution in [1.82, 2.24) is 19.5 Å². The standard InChI is InChI=1S/C51H32N4S/c1-3-13-33(14-4-1)34-25-29-36(30-26-34)49-52-50(54-51(53-49)44-22-12-21-43-41-18-8-10-24-46(41)56-48(43)44)37-31-27-35(28-32-37)39-19-11-20-42-40-17-7-9-23-45(40)55(47(39)42)38-15-5-2-6-16-38/h1-32H/i2D,5D,6D,7D,9D,11D,15D,16D,17D,19D,20D,23D. The molecule has 3 heterocycles. The Morgan fingerprint density at radius 2 is 1.02 bits per heavy atom. The lowest BCUT2D eigenvalue weighted by Crippen LogP contribution is -2.00. The molecule has 3 aromatic heterocycles. The quantitative estimate of drug-likeness (QED) is 0.170. The highest BCUT2D eigenvalue weighted by atomic mass is 32.1. The maximum absolute atomic E-state index is 9.33. The van der Waals surface area contributed by atoms with Gasteiger partial charge in [0.05, 0.1) is 27.5 Å². The molecule has 0 radical (unpaired) electrons. The van der Waals surface area contributed by atoms with Crippen molar-refractivity contribution in [2.45, 2.75) is 0 Å². The molecule has 0 bridgehead atoms. The first kappa shape index (κ1) is 22.2.